The van der Waals surface area contributed by atoms with E-state index < -0.39 is 17.2 Å². The first kappa shape index (κ1) is 21.6. The van der Waals surface area contributed by atoms with E-state index in [4.69, 9.17) is 0 Å². The van der Waals surface area contributed by atoms with Gasteiger partial charge in [0.1, 0.15) is 0 Å². The highest BCUT2D eigenvalue weighted by Crippen LogP contribution is 2.25. The lowest BCUT2D eigenvalue weighted by Crippen LogP contribution is -2.42. The fraction of sp³-hybridized carbons (Fsp3) is 0.227. The van der Waals surface area contributed by atoms with Crippen LogP contribution in [-0.4, -0.2) is 42.9 Å². The maximum Gasteiger partial charge on any atom is 0.321 e. The number of carbonyl (C=O) groups is 2. The van der Waals surface area contributed by atoms with E-state index in [2.05, 4.69) is 20.8 Å². The molecule has 10 heteroatoms. The number of para-hydroxylation sites is 1. The summed E-state index contributed by atoms with van der Waals surface area (Å²) >= 11 is 1.17. The molecular weight excluding hydrogens is 428 g/mol. The van der Waals surface area contributed by atoms with Gasteiger partial charge >= 0.3 is 6.03 Å². The van der Waals surface area contributed by atoms with Crippen LogP contribution in [-0.2, 0) is 11.3 Å². The molecule has 0 fully saturated rings. The SMILES string of the molecule is CCNC(=O)NC(=O)C(C)Sc1nnc2n(Cc3ccccc3)c(=O)c3ccccc3n12. The summed E-state index contributed by atoms with van der Waals surface area (Å²) in [7, 11) is 0. The summed E-state index contributed by atoms with van der Waals surface area (Å²) in [6.07, 6.45) is 0. The van der Waals surface area contributed by atoms with E-state index in [1.54, 1.807) is 28.9 Å². The lowest BCUT2D eigenvalue weighted by Gasteiger charge is -2.13. The molecule has 0 bridgehead atoms. The number of urea groups is 1. The lowest BCUT2D eigenvalue weighted by atomic mass is 10.2. The average Bonchev–Trinajstić information content (AvgIpc) is 3.21. The van der Waals surface area contributed by atoms with Gasteiger partial charge in [-0.05, 0) is 31.5 Å². The molecule has 4 rings (SSSR count). The molecule has 2 N–H and O–H groups in total. The van der Waals surface area contributed by atoms with Crippen molar-refractivity contribution in [2.24, 2.45) is 0 Å². The number of imide groups is 1. The second-order valence-corrected chi connectivity index (χ2v) is 8.43. The fourth-order valence-electron chi connectivity index (χ4n) is 3.35. The molecule has 2 aromatic heterocycles. The zero-order chi connectivity index (χ0) is 22.7. The van der Waals surface area contributed by atoms with Gasteiger partial charge in [-0.25, -0.2) is 4.79 Å². The second kappa shape index (κ2) is 9.23. The van der Waals surface area contributed by atoms with Gasteiger partial charge in [0, 0.05) is 6.54 Å². The van der Waals surface area contributed by atoms with Crippen molar-refractivity contribution in [2.45, 2.75) is 30.8 Å². The molecule has 0 saturated carbocycles. The Morgan fingerprint density at radius 2 is 1.78 bits per heavy atom. The Labute approximate surface area is 187 Å². The van der Waals surface area contributed by atoms with Crippen LogP contribution in [0.2, 0.25) is 0 Å². The van der Waals surface area contributed by atoms with Crippen molar-refractivity contribution in [3.8, 4) is 0 Å². The molecule has 4 aromatic rings. The Hall–Kier alpha value is -3.66. The minimum atomic E-state index is -0.613. The number of rotatable bonds is 6. The predicted molar refractivity (Wildman–Crippen MR) is 123 cm³/mol. The van der Waals surface area contributed by atoms with Crippen molar-refractivity contribution < 1.29 is 9.59 Å². The van der Waals surface area contributed by atoms with Crippen molar-refractivity contribution in [1.82, 2.24) is 29.8 Å². The Morgan fingerprint density at radius 3 is 2.53 bits per heavy atom. The molecule has 3 amide bonds. The molecule has 0 aliphatic carbocycles. The summed E-state index contributed by atoms with van der Waals surface area (Å²) in [5.41, 5.74) is 1.45. The molecule has 9 nitrogen and oxygen atoms in total. The Morgan fingerprint density at radius 1 is 1.06 bits per heavy atom. The molecule has 0 spiro atoms. The van der Waals surface area contributed by atoms with Gasteiger partial charge in [-0.3, -0.25) is 23.9 Å². The van der Waals surface area contributed by atoms with E-state index in [0.717, 1.165) is 5.56 Å². The second-order valence-electron chi connectivity index (χ2n) is 7.12. The number of thioether (sulfide) groups is 1. The largest absolute Gasteiger partial charge is 0.338 e. The zero-order valence-electron chi connectivity index (χ0n) is 17.6. The van der Waals surface area contributed by atoms with Gasteiger partial charge in [0.25, 0.3) is 5.56 Å². The van der Waals surface area contributed by atoms with Crippen LogP contribution >= 0.6 is 11.8 Å². The molecule has 0 aliphatic heterocycles. The lowest BCUT2D eigenvalue weighted by molar-refractivity contribution is -0.119. The highest BCUT2D eigenvalue weighted by atomic mass is 32.2. The van der Waals surface area contributed by atoms with E-state index in [1.807, 2.05) is 48.5 Å². The smallest absolute Gasteiger partial charge is 0.321 e. The van der Waals surface area contributed by atoms with Gasteiger partial charge in [-0.1, -0.05) is 54.2 Å². The molecule has 0 saturated heterocycles. The quantitative estimate of drug-likeness (QED) is 0.437. The van der Waals surface area contributed by atoms with Gasteiger partial charge in [0.2, 0.25) is 11.7 Å². The van der Waals surface area contributed by atoms with E-state index in [9.17, 15) is 14.4 Å². The van der Waals surface area contributed by atoms with Crippen molar-refractivity contribution in [3.63, 3.8) is 0 Å². The van der Waals surface area contributed by atoms with Crippen molar-refractivity contribution >= 4 is 40.4 Å². The van der Waals surface area contributed by atoms with E-state index in [0.29, 0.717) is 34.9 Å². The Kier molecular flexibility index (Phi) is 6.22. The minimum absolute atomic E-state index is 0.164. The highest BCUT2D eigenvalue weighted by Gasteiger charge is 2.22. The molecule has 2 aromatic carbocycles. The number of benzene rings is 2. The van der Waals surface area contributed by atoms with Crippen molar-refractivity contribution in [2.75, 3.05) is 6.54 Å². The molecule has 0 aliphatic rings. The minimum Gasteiger partial charge on any atom is -0.338 e. The van der Waals surface area contributed by atoms with Gasteiger partial charge in [0.05, 0.1) is 22.7 Å². The number of hydrogen-bond donors (Lipinski definition) is 2. The Balaban J connectivity index is 1.76. The summed E-state index contributed by atoms with van der Waals surface area (Å²) in [6, 6.07) is 16.3. The highest BCUT2D eigenvalue weighted by molar-refractivity contribution is 8.00. The monoisotopic (exact) mass is 450 g/mol. The predicted octanol–water partition coefficient (Wildman–Crippen LogP) is 2.42. The molecule has 0 radical (unpaired) electrons. The first-order valence-electron chi connectivity index (χ1n) is 10.2. The average molecular weight is 451 g/mol. The molecule has 1 unspecified atom stereocenters. The van der Waals surface area contributed by atoms with E-state index in [-0.39, 0.29) is 5.56 Å². The van der Waals surface area contributed by atoms with Crippen LogP contribution in [0.15, 0.2) is 64.5 Å². The van der Waals surface area contributed by atoms with E-state index >= 15 is 0 Å². The van der Waals surface area contributed by atoms with Crippen LogP contribution < -0.4 is 16.2 Å². The normalized spacial score (nSPS) is 12.1. The van der Waals surface area contributed by atoms with Crippen molar-refractivity contribution in [1.29, 1.82) is 0 Å². The maximum atomic E-state index is 13.2. The van der Waals surface area contributed by atoms with Crippen LogP contribution in [0.25, 0.3) is 16.7 Å². The summed E-state index contributed by atoms with van der Waals surface area (Å²) < 4.78 is 3.36. The number of aromatic nitrogens is 4. The van der Waals surface area contributed by atoms with Crippen LogP contribution in [0.5, 0.6) is 0 Å². The number of carbonyl (C=O) groups excluding carboxylic acids is 2. The third-order valence-corrected chi connectivity index (χ3v) is 5.93. The molecule has 2 heterocycles. The first-order valence-corrected chi connectivity index (χ1v) is 11.0. The fourth-order valence-corrected chi connectivity index (χ4v) is 4.20. The number of hydrogen-bond acceptors (Lipinski definition) is 6. The van der Waals surface area contributed by atoms with Crippen LogP contribution in [0.3, 0.4) is 0 Å². The summed E-state index contributed by atoms with van der Waals surface area (Å²) in [5, 5.41) is 13.7. The molecule has 32 heavy (non-hydrogen) atoms. The van der Waals surface area contributed by atoms with Crippen molar-refractivity contribution in [3.05, 3.63) is 70.5 Å². The van der Waals surface area contributed by atoms with Crippen LogP contribution in [0, 0.1) is 0 Å². The number of amides is 3. The van der Waals surface area contributed by atoms with Gasteiger partial charge in [-0.15, -0.1) is 10.2 Å². The number of nitrogens with zero attached hydrogens (tertiary/aromatic N) is 4. The summed E-state index contributed by atoms with van der Waals surface area (Å²) in [4.78, 5) is 37.3. The standard InChI is InChI=1S/C22H22N6O3S/c1-3-23-20(31)24-18(29)14(2)32-22-26-25-21-27(13-15-9-5-4-6-10-15)19(30)16-11-7-8-12-17(16)28(21)22/h4-12,14H,3,13H2,1-2H3,(H2,23,24,29,31). The van der Waals surface area contributed by atoms with Crippen LogP contribution in [0.4, 0.5) is 4.79 Å². The Bertz CT molecular complexity index is 1350. The van der Waals surface area contributed by atoms with E-state index in [1.165, 1.54) is 11.8 Å². The first-order chi connectivity index (χ1) is 15.5. The topological polar surface area (TPSA) is 110 Å². The van der Waals surface area contributed by atoms with Crippen LogP contribution in [0.1, 0.15) is 19.4 Å². The maximum absolute atomic E-state index is 13.2. The molecule has 164 valence electrons. The third-order valence-electron chi connectivity index (χ3n) is 4.89. The number of nitrogens with one attached hydrogen (secondary N) is 2. The molecular formula is C22H22N6O3S. The third kappa shape index (κ3) is 4.22. The number of fused-ring (bicyclic) bond motifs is 3. The summed E-state index contributed by atoms with van der Waals surface area (Å²) in [5.74, 6) is -0.0593. The summed E-state index contributed by atoms with van der Waals surface area (Å²) in [6.45, 7) is 4.21. The zero-order valence-corrected chi connectivity index (χ0v) is 18.4. The van der Waals surface area contributed by atoms with Gasteiger partial charge in [-0.2, -0.15) is 0 Å². The van der Waals surface area contributed by atoms with Gasteiger partial charge in [0.15, 0.2) is 5.16 Å². The molecule has 1 atom stereocenters. The van der Waals surface area contributed by atoms with Gasteiger partial charge < -0.3 is 5.32 Å².